The van der Waals surface area contributed by atoms with Crippen LogP contribution >= 0.6 is 0 Å². The minimum atomic E-state index is 0.641. The zero-order valence-electron chi connectivity index (χ0n) is 22.4. The Labute approximate surface area is 198 Å². The molecule has 0 N–H and O–H groups in total. The molecule has 0 heterocycles. The first-order valence-corrected chi connectivity index (χ1v) is 14.6. The van der Waals surface area contributed by atoms with Gasteiger partial charge in [-0.2, -0.15) is 0 Å². The van der Waals surface area contributed by atoms with Gasteiger partial charge in [0.05, 0.1) is 0 Å². The third-order valence-corrected chi connectivity index (χ3v) is 6.85. The van der Waals surface area contributed by atoms with Gasteiger partial charge in [-0.25, -0.2) is 0 Å². The standard InChI is InChI=1S/C30H61N/c1-5-7-9-11-13-14-15-16-17-18-19-20-21-22-23-25-27-29-30(31(3)4)28-26-24-12-10-8-6-2/h26,28,30H,5-25,27,29H2,1-4H3. The van der Waals surface area contributed by atoms with E-state index in [-0.39, 0.29) is 0 Å². The van der Waals surface area contributed by atoms with E-state index in [1.807, 2.05) is 0 Å². The molecule has 0 amide bonds. The third kappa shape index (κ3) is 24.2. The minimum absolute atomic E-state index is 0.641. The van der Waals surface area contributed by atoms with Crippen LogP contribution in [0.3, 0.4) is 0 Å². The molecule has 0 spiro atoms. The molecular weight excluding hydrogens is 374 g/mol. The lowest BCUT2D eigenvalue weighted by molar-refractivity contribution is 0.318. The number of unbranched alkanes of at least 4 members (excludes halogenated alkanes) is 20. The zero-order chi connectivity index (χ0) is 22.8. The maximum Gasteiger partial charge on any atom is 0.0272 e. The van der Waals surface area contributed by atoms with Crippen LogP contribution < -0.4 is 0 Å². The molecule has 0 aromatic rings. The monoisotopic (exact) mass is 435 g/mol. The average Bonchev–Trinajstić information content (AvgIpc) is 2.76. The number of hydrogen-bond donors (Lipinski definition) is 0. The van der Waals surface area contributed by atoms with Gasteiger partial charge in [0.1, 0.15) is 0 Å². The molecule has 0 rings (SSSR count). The van der Waals surface area contributed by atoms with Gasteiger partial charge in [0.2, 0.25) is 0 Å². The Morgan fingerprint density at radius 2 is 0.839 bits per heavy atom. The Kier molecular flexibility index (Phi) is 25.7. The van der Waals surface area contributed by atoms with E-state index in [0.29, 0.717) is 6.04 Å². The van der Waals surface area contributed by atoms with Gasteiger partial charge in [0, 0.05) is 6.04 Å². The van der Waals surface area contributed by atoms with Gasteiger partial charge in [0.25, 0.3) is 0 Å². The van der Waals surface area contributed by atoms with Crippen LogP contribution in [-0.4, -0.2) is 25.0 Å². The van der Waals surface area contributed by atoms with Crippen LogP contribution in [0.2, 0.25) is 0 Å². The van der Waals surface area contributed by atoms with Crippen molar-refractivity contribution in [2.24, 2.45) is 0 Å². The second-order valence-corrected chi connectivity index (χ2v) is 10.3. The van der Waals surface area contributed by atoms with Crippen LogP contribution in [0, 0.1) is 0 Å². The fraction of sp³-hybridized carbons (Fsp3) is 0.933. The first-order chi connectivity index (χ1) is 15.2. The van der Waals surface area contributed by atoms with Gasteiger partial charge in [-0.05, 0) is 33.4 Å². The molecule has 0 aromatic carbocycles. The summed E-state index contributed by atoms with van der Waals surface area (Å²) in [5, 5.41) is 0. The summed E-state index contributed by atoms with van der Waals surface area (Å²) in [6, 6.07) is 0.641. The average molecular weight is 436 g/mol. The fourth-order valence-corrected chi connectivity index (χ4v) is 4.55. The highest BCUT2D eigenvalue weighted by Crippen LogP contribution is 2.15. The minimum Gasteiger partial charge on any atom is -0.303 e. The first-order valence-electron chi connectivity index (χ1n) is 14.6. The van der Waals surface area contributed by atoms with Gasteiger partial charge in [-0.1, -0.05) is 154 Å². The van der Waals surface area contributed by atoms with Crippen LogP contribution in [0.1, 0.15) is 162 Å². The number of nitrogens with zero attached hydrogens (tertiary/aromatic N) is 1. The van der Waals surface area contributed by atoms with Crippen molar-refractivity contribution in [3.63, 3.8) is 0 Å². The topological polar surface area (TPSA) is 3.24 Å². The summed E-state index contributed by atoms with van der Waals surface area (Å²) in [7, 11) is 4.47. The molecule has 0 saturated carbocycles. The van der Waals surface area contributed by atoms with Crippen molar-refractivity contribution in [1.29, 1.82) is 0 Å². The van der Waals surface area contributed by atoms with Crippen LogP contribution in [0.5, 0.6) is 0 Å². The molecule has 0 aliphatic carbocycles. The highest BCUT2D eigenvalue weighted by Gasteiger charge is 2.06. The molecule has 0 aromatic heterocycles. The summed E-state index contributed by atoms with van der Waals surface area (Å²) >= 11 is 0. The number of hydrogen-bond acceptors (Lipinski definition) is 1. The molecule has 31 heavy (non-hydrogen) atoms. The summed E-state index contributed by atoms with van der Waals surface area (Å²) in [5.41, 5.74) is 0. The van der Waals surface area contributed by atoms with Crippen molar-refractivity contribution in [1.82, 2.24) is 4.90 Å². The summed E-state index contributed by atoms with van der Waals surface area (Å²) in [5.74, 6) is 0. The molecule has 1 nitrogen and oxygen atoms in total. The highest BCUT2D eigenvalue weighted by atomic mass is 15.1. The SMILES string of the molecule is CCCCCCC=CC(CCCCCCCCCCCCCCCCCCC)N(C)C. The van der Waals surface area contributed by atoms with E-state index in [2.05, 4.69) is 45.0 Å². The summed E-state index contributed by atoms with van der Waals surface area (Å²) in [4.78, 5) is 2.40. The quantitative estimate of drug-likeness (QED) is 0.102. The second kappa shape index (κ2) is 26.0. The molecule has 0 fully saturated rings. The molecular formula is C30H61N. The Morgan fingerprint density at radius 3 is 1.23 bits per heavy atom. The molecule has 0 bridgehead atoms. The molecule has 1 unspecified atom stereocenters. The lowest BCUT2D eigenvalue weighted by atomic mass is 10.0. The van der Waals surface area contributed by atoms with Gasteiger partial charge in [-0.3, -0.25) is 0 Å². The Balaban J connectivity index is 3.38. The van der Waals surface area contributed by atoms with E-state index < -0.39 is 0 Å². The van der Waals surface area contributed by atoms with Crippen LogP contribution in [0.15, 0.2) is 12.2 Å². The molecule has 186 valence electrons. The molecule has 0 aliphatic heterocycles. The Bertz CT molecular complexity index is 346. The van der Waals surface area contributed by atoms with Crippen molar-refractivity contribution in [3.05, 3.63) is 12.2 Å². The Hall–Kier alpha value is -0.300. The molecule has 1 atom stereocenters. The van der Waals surface area contributed by atoms with Crippen LogP contribution in [-0.2, 0) is 0 Å². The van der Waals surface area contributed by atoms with Crippen LogP contribution in [0.25, 0.3) is 0 Å². The molecule has 1 heteroatoms. The summed E-state index contributed by atoms with van der Waals surface area (Å²) in [6.45, 7) is 4.59. The fourth-order valence-electron chi connectivity index (χ4n) is 4.55. The Morgan fingerprint density at radius 1 is 0.484 bits per heavy atom. The van der Waals surface area contributed by atoms with Crippen LogP contribution in [0.4, 0.5) is 0 Å². The second-order valence-electron chi connectivity index (χ2n) is 10.3. The summed E-state index contributed by atoms with van der Waals surface area (Å²) < 4.78 is 0. The van der Waals surface area contributed by atoms with E-state index in [9.17, 15) is 0 Å². The van der Waals surface area contributed by atoms with Crippen molar-refractivity contribution in [2.75, 3.05) is 14.1 Å². The highest BCUT2D eigenvalue weighted by molar-refractivity contribution is 4.93. The van der Waals surface area contributed by atoms with Gasteiger partial charge < -0.3 is 4.90 Å². The first kappa shape index (κ1) is 30.7. The van der Waals surface area contributed by atoms with E-state index in [1.165, 1.54) is 148 Å². The smallest absolute Gasteiger partial charge is 0.0272 e. The van der Waals surface area contributed by atoms with Gasteiger partial charge >= 0.3 is 0 Å². The number of rotatable bonds is 25. The molecule has 0 radical (unpaired) electrons. The van der Waals surface area contributed by atoms with Crippen molar-refractivity contribution in [3.8, 4) is 0 Å². The number of likely N-dealkylation sites (N-methyl/N-ethyl adjacent to an activating group) is 1. The van der Waals surface area contributed by atoms with E-state index in [0.717, 1.165) is 0 Å². The van der Waals surface area contributed by atoms with Gasteiger partial charge in [0.15, 0.2) is 0 Å². The predicted octanol–water partition coefficient (Wildman–Crippen LogP) is 10.5. The van der Waals surface area contributed by atoms with Crippen molar-refractivity contribution >= 4 is 0 Å². The molecule has 0 aliphatic rings. The zero-order valence-corrected chi connectivity index (χ0v) is 22.4. The van der Waals surface area contributed by atoms with Crippen molar-refractivity contribution in [2.45, 2.75) is 168 Å². The normalized spacial score (nSPS) is 12.9. The number of allylic oxidation sites excluding steroid dienone is 1. The third-order valence-electron chi connectivity index (χ3n) is 6.85. The lowest BCUT2D eigenvalue weighted by Gasteiger charge is -2.21. The lowest BCUT2D eigenvalue weighted by Crippen LogP contribution is -2.25. The maximum atomic E-state index is 2.47. The van der Waals surface area contributed by atoms with Gasteiger partial charge in [-0.15, -0.1) is 0 Å². The largest absolute Gasteiger partial charge is 0.303 e. The molecule has 0 saturated heterocycles. The summed E-state index contributed by atoms with van der Waals surface area (Å²) in [6.07, 6.45) is 37.7. The maximum absolute atomic E-state index is 2.47. The van der Waals surface area contributed by atoms with E-state index in [4.69, 9.17) is 0 Å². The predicted molar refractivity (Wildman–Crippen MR) is 144 cm³/mol. The van der Waals surface area contributed by atoms with E-state index >= 15 is 0 Å². The van der Waals surface area contributed by atoms with Crippen molar-refractivity contribution < 1.29 is 0 Å². The van der Waals surface area contributed by atoms with E-state index in [1.54, 1.807) is 0 Å².